The fraction of sp³-hybridized carbons (Fsp3) is 0.958. The highest BCUT2D eigenvalue weighted by molar-refractivity contribution is 5.69. The number of unbranched alkanes of at least 4 members (excludes halogenated alkanes) is 12. The van der Waals surface area contributed by atoms with Crippen LogP contribution in [0.25, 0.3) is 0 Å². The van der Waals surface area contributed by atoms with E-state index in [1.54, 1.807) is 0 Å². The molecule has 1 atom stereocenters. The second kappa shape index (κ2) is 21.7. The van der Waals surface area contributed by atoms with Crippen LogP contribution < -0.4 is 5.73 Å². The Bertz CT molecular complexity index is 307. The van der Waals surface area contributed by atoms with Crippen LogP contribution in [0.2, 0.25) is 0 Å². The third-order valence-electron chi connectivity index (χ3n) is 5.50. The Labute approximate surface area is 170 Å². The normalized spacial score (nSPS) is 12.3. The number of carbonyl (C=O) groups is 1. The van der Waals surface area contributed by atoms with Gasteiger partial charge >= 0.3 is 5.97 Å². The van der Waals surface area contributed by atoms with Crippen LogP contribution in [-0.4, -0.2) is 19.1 Å². The van der Waals surface area contributed by atoms with E-state index in [1.165, 1.54) is 89.9 Å². The van der Waals surface area contributed by atoms with Crippen LogP contribution in [-0.2, 0) is 9.53 Å². The number of ether oxygens (including phenoxy) is 1. The molecule has 27 heavy (non-hydrogen) atoms. The summed E-state index contributed by atoms with van der Waals surface area (Å²) in [6.45, 7) is 5.94. The van der Waals surface area contributed by atoms with Crippen LogP contribution >= 0.6 is 0 Å². The van der Waals surface area contributed by atoms with Crippen molar-refractivity contribution in [3.63, 3.8) is 0 Å². The highest BCUT2D eigenvalue weighted by Crippen LogP contribution is 2.20. The summed E-state index contributed by atoms with van der Waals surface area (Å²) in [4.78, 5) is 12.0. The molecular weight excluding hydrogens is 334 g/mol. The Balaban J connectivity index is 3.89. The molecule has 0 aromatic heterocycles. The third kappa shape index (κ3) is 20.0. The van der Waals surface area contributed by atoms with Gasteiger partial charge in [-0.3, -0.25) is 4.79 Å². The summed E-state index contributed by atoms with van der Waals surface area (Å²) in [6.07, 6.45) is 21.8. The lowest BCUT2D eigenvalue weighted by atomic mass is 9.95. The molecule has 3 heteroatoms. The van der Waals surface area contributed by atoms with Crippen molar-refractivity contribution < 1.29 is 9.53 Å². The molecule has 0 amide bonds. The number of carbonyl (C=O) groups excluding carboxylic acids is 1. The van der Waals surface area contributed by atoms with E-state index in [4.69, 9.17) is 10.5 Å². The second-order valence-corrected chi connectivity index (χ2v) is 8.26. The van der Waals surface area contributed by atoms with E-state index in [2.05, 4.69) is 13.8 Å². The van der Waals surface area contributed by atoms with Crippen LogP contribution in [0, 0.1) is 5.92 Å². The van der Waals surface area contributed by atoms with E-state index in [-0.39, 0.29) is 5.97 Å². The van der Waals surface area contributed by atoms with E-state index >= 15 is 0 Å². The van der Waals surface area contributed by atoms with Gasteiger partial charge in [-0.2, -0.15) is 0 Å². The van der Waals surface area contributed by atoms with Crippen molar-refractivity contribution in [1.82, 2.24) is 0 Å². The highest BCUT2D eigenvalue weighted by Gasteiger charge is 2.12. The first-order valence-electron chi connectivity index (χ1n) is 12.1. The molecule has 0 saturated heterocycles. The third-order valence-corrected chi connectivity index (χ3v) is 5.50. The van der Waals surface area contributed by atoms with E-state index < -0.39 is 0 Å². The predicted molar refractivity (Wildman–Crippen MR) is 118 cm³/mol. The van der Waals surface area contributed by atoms with Gasteiger partial charge in [0.2, 0.25) is 0 Å². The van der Waals surface area contributed by atoms with Gasteiger partial charge in [-0.25, -0.2) is 0 Å². The lowest BCUT2D eigenvalue weighted by Crippen LogP contribution is -2.14. The van der Waals surface area contributed by atoms with E-state index in [0.29, 0.717) is 18.9 Å². The zero-order chi connectivity index (χ0) is 20.0. The lowest BCUT2D eigenvalue weighted by molar-refractivity contribution is -0.145. The Hall–Kier alpha value is -0.570. The standard InChI is InChI=1S/C24H49NO2/c1-3-5-7-9-11-15-19-23(18-14-8-6-4-2)22-27-24(26)20-16-12-10-13-17-21-25/h23H,3-22,25H2,1-2H3. The molecule has 2 N–H and O–H groups in total. The smallest absolute Gasteiger partial charge is 0.305 e. The molecule has 0 spiro atoms. The highest BCUT2D eigenvalue weighted by atomic mass is 16.5. The second-order valence-electron chi connectivity index (χ2n) is 8.26. The van der Waals surface area contributed by atoms with Crippen LogP contribution in [0.15, 0.2) is 0 Å². The van der Waals surface area contributed by atoms with E-state index in [1.807, 2.05) is 0 Å². The molecule has 0 aromatic carbocycles. The molecule has 162 valence electrons. The molecule has 0 aliphatic carbocycles. The first kappa shape index (κ1) is 26.4. The molecule has 0 radical (unpaired) electrons. The molecule has 0 bridgehead atoms. The molecule has 0 rings (SSSR count). The maximum atomic E-state index is 12.0. The van der Waals surface area contributed by atoms with Gasteiger partial charge < -0.3 is 10.5 Å². The Morgan fingerprint density at radius 3 is 1.78 bits per heavy atom. The van der Waals surface area contributed by atoms with Gasteiger partial charge in [-0.1, -0.05) is 97.3 Å². The van der Waals surface area contributed by atoms with E-state index in [9.17, 15) is 4.79 Å². The Kier molecular flexibility index (Phi) is 21.3. The maximum absolute atomic E-state index is 12.0. The van der Waals surface area contributed by atoms with Gasteiger partial charge in [0.05, 0.1) is 6.61 Å². The summed E-state index contributed by atoms with van der Waals surface area (Å²) in [7, 11) is 0. The summed E-state index contributed by atoms with van der Waals surface area (Å²) in [5, 5.41) is 0. The van der Waals surface area contributed by atoms with Crippen molar-refractivity contribution in [3.8, 4) is 0 Å². The van der Waals surface area contributed by atoms with Crippen molar-refractivity contribution in [3.05, 3.63) is 0 Å². The molecule has 0 aliphatic rings. The van der Waals surface area contributed by atoms with Gasteiger partial charge in [0.1, 0.15) is 0 Å². The molecule has 0 aromatic rings. The quantitative estimate of drug-likeness (QED) is 0.169. The molecular formula is C24H49NO2. The minimum Gasteiger partial charge on any atom is -0.465 e. The molecule has 1 unspecified atom stereocenters. The van der Waals surface area contributed by atoms with Gasteiger partial charge in [0.25, 0.3) is 0 Å². The van der Waals surface area contributed by atoms with Crippen LogP contribution in [0.5, 0.6) is 0 Å². The number of esters is 1. The average molecular weight is 384 g/mol. The number of nitrogens with two attached hydrogens (primary N) is 1. The monoisotopic (exact) mass is 383 g/mol. The van der Waals surface area contributed by atoms with Crippen LogP contribution in [0.3, 0.4) is 0 Å². The molecule has 3 nitrogen and oxygen atoms in total. The Morgan fingerprint density at radius 2 is 1.19 bits per heavy atom. The van der Waals surface area contributed by atoms with Gasteiger partial charge in [0.15, 0.2) is 0 Å². The number of hydrogen-bond donors (Lipinski definition) is 1. The lowest BCUT2D eigenvalue weighted by Gasteiger charge is -2.17. The fourth-order valence-electron chi connectivity index (χ4n) is 3.61. The van der Waals surface area contributed by atoms with Crippen molar-refractivity contribution in [2.24, 2.45) is 11.7 Å². The Morgan fingerprint density at radius 1 is 0.704 bits per heavy atom. The van der Waals surface area contributed by atoms with Gasteiger partial charge in [-0.05, 0) is 38.1 Å². The van der Waals surface area contributed by atoms with Crippen molar-refractivity contribution in [2.75, 3.05) is 13.2 Å². The summed E-state index contributed by atoms with van der Waals surface area (Å²) >= 11 is 0. The topological polar surface area (TPSA) is 52.3 Å². The first-order valence-corrected chi connectivity index (χ1v) is 12.1. The van der Waals surface area contributed by atoms with E-state index in [0.717, 1.165) is 25.8 Å². The minimum absolute atomic E-state index is 0.00956. The zero-order valence-electron chi connectivity index (χ0n) is 18.6. The number of hydrogen-bond acceptors (Lipinski definition) is 3. The first-order chi connectivity index (χ1) is 13.2. The van der Waals surface area contributed by atoms with Crippen LogP contribution in [0.1, 0.15) is 129 Å². The van der Waals surface area contributed by atoms with Crippen LogP contribution in [0.4, 0.5) is 0 Å². The molecule has 0 fully saturated rings. The summed E-state index contributed by atoms with van der Waals surface area (Å²) in [5.74, 6) is 0.580. The molecule has 0 saturated carbocycles. The number of rotatable bonds is 21. The average Bonchev–Trinajstić information content (AvgIpc) is 2.67. The maximum Gasteiger partial charge on any atom is 0.305 e. The summed E-state index contributed by atoms with van der Waals surface area (Å²) < 4.78 is 5.63. The summed E-state index contributed by atoms with van der Waals surface area (Å²) in [6, 6.07) is 0. The largest absolute Gasteiger partial charge is 0.465 e. The van der Waals surface area contributed by atoms with Crippen molar-refractivity contribution in [2.45, 2.75) is 129 Å². The predicted octanol–water partition coefficient (Wildman–Crippen LogP) is 7.17. The molecule has 0 aliphatic heterocycles. The van der Waals surface area contributed by atoms with Crippen molar-refractivity contribution in [1.29, 1.82) is 0 Å². The fourth-order valence-corrected chi connectivity index (χ4v) is 3.61. The summed E-state index contributed by atoms with van der Waals surface area (Å²) in [5.41, 5.74) is 5.50. The zero-order valence-corrected chi connectivity index (χ0v) is 18.6. The van der Waals surface area contributed by atoms with Gasteiger partial charge in [0, 0.05) is 6.42 Å². The minimum atomic E-state index is 0.00956. The van der Waals surface area contributed by atoms with Gasteiger partial charge in [-0.15, -0.1) is 0 Å². The molecule has 0 heterocycles. The SMILES string of the molecule is CCCCCCCCC(CCCCCC)COC(=O)CCCCCCCN. The van der Waals surface area contributed by atoms with Crippen molar-refractivity contribution >= 4 is 5.97 Å².